The van der Waals surface area contributed by atoms with E-state index >= 15 is 0 Å². The van der Waals surface area contributed by atoms with E-state index in [1.807, 2.05) is 0 Å². The third-order valence-electron chi connectivity index (χ3n) is 4.79. The van der Waals surface area contributed by atoms with Gasteiger partial charge in [0.25, 0.3) is 5.16 Å². The molecular weight excluding hydrogens is 424 g/mol. The number of nitrogens with one attached hydrogen (secondary N) is 1. The molecule has 1 aromatic rings. The zero-order chi connectivity index (χ0) is 21.4. The van der Waals surface area contributed by atoms with Gasteiger partial charge in [-0.2, -0.15) is 4.98 Å². The Balaban J connectivity index is 1.87. The Hall–Kier alpha value is -1.24. The van der Waals surface area contributed by atoms with E-state index in [4.69, 9.17) is 36.7 Å². The number of aliphatic hydroxyl groups excluding tert-OH is 1. The van der Waals surface area contributed by atoms with Gasteiger partial charge in [0.2, 0.25) is 9.84 Å². The number of nitrogens with two attached hydrogens (primary N) is 1. The molecule has 3 rings (SSSR count). The van der Waals surface area contributed by atoms with Crippen molar-refractivity contribution in [2.45, 2.75) is 68.9 Å². The lowest BCUT2D eigenvalue weighted by atomic mass is 10.2. The lowest BCUT2D eigenvalue weighted by molar-refractivity contribution is -0.167. The van der Waals surface area contributed by atoms with Crippen LogP contribution in [0.2, 0.25) is 5.15 Å². The Morgan fingerprint density at radius 3 is 2.69 bits per heavy atom. The van der Waals surface area contributed by atoms with Crippen molar-refractivity contribution in [3.05, 3.63) is 5.15 Å². The summed E-state index contributed by atoms with van der Waals surface area (Å²) >= 11 is 6.08. The van der Waals surface area contributed by atoms with E-state index in [0.717, 1.165) is 0 Å². The number of sulfone groups is 1. The first-order valence-corrected chi connectivity index (χ1v) is 11.5. The van der Waals surface area contributed by atoms with E-state index in [1.165, 1.54) is 0 Å². The molecule has 1 saturated heterocycles. The minimum atomic E-state index is -3.68. The first kappa shape index (κ1) is 22.4. The van der Waals surface area contributed by atoms with Gasteiger partial charge in [-0.1, -0.05) is 18.5 Å². The first-order valence-electron chi connectivity index (χ1n) is 9.48. The number of fused-ring (bicyclic) bond motifs is 1. The molecule has 2 aliphatic rings. The van der Waals surface area contributed by atoms with Gasteiger partial charge in [-0.05, 0) is 26.7 Å². The van der Waals surface area contributed by atoms with Gasteiger partial charge >= 0.3 is 0 Å². The highest BCUT2D eigenvalue weighted by molar-refractivity contribution is 7.91. The molecule has 29 heavy (non-hydrogen) atoms. The molecule has 0 spiro atoms. The standard InChI is InChI=1S/C17H27ClN4O6S/c1-4-7-29(24,25)16-21-14(18)11(19)15(22-16)20-9-8-10(26-6-5-23)13-12(9)27-17(2,3)28-13/h9-10,12-13,23H,4-8,19H2,1-3H3,(H,20,21,22)/t9-,10+,12+,13-/m0/s1. The minimum Gasteiger partial charge on any atom is -0.394 e. The maximum Gasteiger partial charge on any atom is 0.250 e. The lowest BCUT2D eigenvalue weighted by Crippen LogP contribution is -2.35. The number of aromatic nitrogens is 2. The molecular formula is C17H27ClN4O6S. The van der Waals surface area contributed by atoms with Crippen molar-refractivity contribution in [1.82, 2.24) is 9.97 Å². The van der Waals surface area contributed by atoms with E-state index < -0.39 is 15.6 Å². The SMILES string of the molecule is CCCS(=O)(=O)c1nc(Cl)c(N)c(N[C@H]2C[C@@H](OCCO)[C@@H]3OC(C)(C)O[C@@H]32)n1. The largest absolute Gasteiger partial charge is 0.394 e. The molecule has 0 radical (unpaired) electrons. The third-order valence-corrected chi connectivity index (χ3v) is 6.76. The molecule has 1 saturated carbocycles. The summed E-state index contributed by atoms with van der Waals surface area (Å²) in [5, 5.41) is 11.7. The van der Waals surface area contributed by atoms with Crippen LogP contribution in [0.3, 0.4) is 0 Å². The topological polar surface area (TPSA) is 146 Å². The van der Waals surface area contributed by atoms with Gasteiger partial charge in [0.1, 0.15) is 17.9 Å². The molecule has 4 atom stereocenters. The number of nitrogens with zero attached hydrogens (tertiary/aromatic N) is 2. The second-order valence-electron chi connectivity index (χ2n) is 7.56. The summed E-state index contributed by atoms with van der Waals surface area (Å²) in [7, 11) is -3.68. The maximum absolute atomic E-state index is 12.4. The zero-order valence-corrected chi connectivity index (χ0v) is 18.2. The van der Waals surface area contributed by atoms with Crippen LogP contribution in [-0.2, 0) is 24.0 Å². The Kier molecular flexibility index (Phi) is 6.56. The quantitative estimate of drug-likeness (QED) is 0.386. The third kappa shape index (κ3) is 4.75. The summed E-state index contributed by atoms with van der Waals surface area (Å²) in [6.07, 6.45) is -0.127. The molecule has 1 aromatic heterocycles. The first-order chi connectivity index (χ1) is 13.6. The zero-order valence-electron chi connectivity index (χ0n) is 16.6. The summed E-state index contributed by atoms with van der Waals surface area (Å²) in [4.78, 5) is 7.96. The van der Waals surface area contributed by atoms with E-state index in [-0.39, 0.29) is 65.1 Å². The predicted molar refractivity (Wildman–Crippen MR) is 106 cm³/mol. The van der Waals surface area contributed by atoms with E-state index in [2.05, 4.69) is 15.3 Å². The van der Waals surface area contributed by atoms with Crippen LogP contribution in [0.25, 0.3) is 0 Å². The van der Waals surface area contributed by atoms with E-state index in [0.29, 0.717) is 12.8 Å². The van der Waals surface area contributed by atoms with Crippen molar-refractivity contribution < 1.29 is 27.7 Å². The van der Waals surface area contributed by atoms with E-state index in [9.17, 15) is 8.42 Å². The van der Waals surface area contributed by atoms with Crippen molar-refractivity contribution in [2.75, 3.05) is 30.0 Å². The summed E-state index contributed by atoms with van der Waals surface area (Å²) in [5.41, 5.74) is 6.05. The van der Waals surface area contributed by atoms with Crippen LogP contribution in [0.4, 0.5) is 11.5 Å². The molecule has 0 aromatic carbocycles. The summed E-state index contributed by atoms with van der Waals surface area (Å²) < 4.78 is 42.4. The van der Waals surface area contributed by atoms with Crippen LogP contribution in [0.1, 0.15) is 33.6 Å². The Morgan fingerprint density at radius 2 is 2.03 bits per heavy atom. The van der Waals surface area contributed by atoms with Gasteiger partial charge in [-0.15, -0.1) is 0 Å². The van der Waals surface area contributed by atoms with Crippen LogP contribution in [0.15, 0.2) is 5.16 Å². The molecule has 1 aliphatic heterocycles. The van der Waals surface area contributed by atoms with Gasteiger partial charge in [-0.3, -0.25) is 0 Å². The average Bonchev–Trinajstić information content (AvgIpc) is 3.10. The number of hydrogen-bond donors (Lipinski definition) is 3. The Labute approximate surface area is 175 Å². The van der Waals surface area contributed by atoms with Crippen LogP contribution >= 0.6 is 11.6 Å². The monoisotopic (exact) mass is 450 g/mol. The van der Waals surface area contributed by atoms with Crippen LogP contribution in [-0.4, -0.2) is 72.6 Å². The van der Waals surface area contributed by atoms with Crippen molar-refractivity contribution in [2.24, 2.45) is 0 Å². The fourth-order valence-corrected chi connectivity index (χ4v) is 5.05. The highest BCUT2D eigenvalue weighted by Gasteiger charge is 2.54. The van der Waals surface area contributed by atoms with Crippen molar-refractivity contribution in [1.29, 1.82) is 0 Å². The summed E-state index contributed by atoms with van der Waals surface area (Å²) in [5.74, 6) is -0.774. The highest BCUT2D eigenvalue weighted by atomic mass is 35.5. The van der Waals surface area contributed by atoms with Crippen LogP contribution in [0.5, 0.6) is 0 Å². The molecule has 12 heteroatoms. The van der Waals surface area contributed by atoms with E-state index in [1.54, 1.807) is 20.8 Å². The normalized spacial score (nSPS) is 28.4. The Morgan fingerprint density at radius 1 is 1.34 bits per heavy atom. The van der Waals surface area contributed by atoms with Crippen molar-refractivity contribution in [3.63, 3.8) is 0 Å². The summed E-state index contributed by atoms with van der Waals surface area (Å²) in [6, 6.07) is -0.319. The molecule has 2 heterocycles. The number of rotatable bonds is 8. The second kappa shape index (κ2) is 8.48. The number of anilines is 2. The smallest absolute Gasteiger partial charge is 0.250 e. The molecule has 4 N–H and O–H groups in total. The van der Waals surface area contributed by atoms with Crippen LogP contribution < -0.4 is 11.1 Å². The van der Waals surface area contributed by atoms with Crippen LogP contribution in [0, 0.1) is 0 Å². The predicted octanol–water partition coefficient (Wildman–Crippen LogP) is 0.978. The van der Waals surface area contributed by atoms with Crippen molar-refractivity contribution >= 4 is 32.9 Å². The molecule has 1 aliphatic carbocycles. The second-order valence-corrected chi connectivity index (χ2v) is 9.92. The number of halogens is 1. The fraction of sp³-hybridized carbons (Fsp3) is 0.765. The van der Waals surface area contributed by atoms with Gasteiger partial charge in [-0.25, -0.2) is 13.4 Å². The van der Waals surface area contributed by atoms with Gasteiger partial charge in [0, 0.05) is 0 Å². The van der Waals surface area contributed by atoms with Gasteiger partial charge in [0.05, 0.1) is 31.1 Å². The van der Waals surface area contributed by atoms with Gasteiger partial charge in [0.15, 0.2) is 16.8 Å². The minimum absolute atomic E-state index is 0.0524. The number of hydrogen-bond acceptors (Lipinski definition) is 10. The number of nitrogen functional groups attached to an aromatic ring is 1. The molecule has 0 unspecified atom stereocenters. The highest BCUT2D eigenvalue weighted by Crippen LogP contribution is 2.41. The number of aliphatic hydroxyl groups is 1. The molecule has 164 valence electrons. The fourth-order valence-electron chi connectivity index (χ4n) is 3.65. The Bertz CT molecular complexity index is 853. The maximum atomic E-state index is 12.4. The molecule has 10 nitrogen and oxygen atoms in total. The summed E-state index contributed by atoms with van der Waals surface area (Å²) in [6.45, 7) is 5.42. The lowest BCUT2D eigenvalue weighted by Gasteiger charge is -2.24. The molecule has 2 fully saturated rings. The molecule has 0 amide bonds. The van der Waals surface area contributed by atoms with Gasteiger partial charge < -0.3 is 30.4 Å². The number of ether oxygens (including phenoxy) is 3. The average molecular weight is 451 g/mol. The molecule has 0 bridgehead atoms. The van der Waals surface area contributed by atoms with Crippen molar-refractivity contribution in [3.8, 4) is 0 Å².